The molecule has 0 fully saturated rings. The summed E-state index contributed by atoms with van der Waals surface area (Å²) < 4.78 is 10.6. The van der Waals surface area contributed by atoms with Crippen LogP contribution in [-0.2, 0) is 0 Å². The number of benzene rings is 2. The summed E-state index contributed by atoms with van der Waals surface area (Å²) in [4.78, 5) is 0. The first kappa shape index (κ1) is 18.4. The highest BCUT2D eigenvalue weighted by atomic mass is 16.5. The summed E-state index contributed by atoms with van der Waals surface area (Å²) in [6, 6.07) is 15.3. The average Bonchev–Trinajstić information content (AvgIpc) is 2.58. The van der Waals surface area contributed by atoms with Crippen molar-refractivity contribution in [3.05, 3.63) is 59.7 Å². The van der Waals surface area contributed by atoms with Gasteiger partial charge in [0.25, 0.3) is 0 Å². The van der Waals surface area contributed by atoms with Crippen LogP contribution in [0.1, 0.15) is 36.7 Å². The van der Waals surface area contributed by atoms with E-state index >= 15 is 0 Å². The quantitative estimate of drug-likeness (QED) is 0.766. The zero-order valence-corrected chi connectivity index (χ0v) is 14.6. The first-order chi connectivity index (χ1) is 11.5. The van der Waals surface area contributed by atoms with Crippen LogP contribution in [0.15, 0.2) is 48.5 Å². The predicted octanol–water partition coefficient (Wildman–Crippen LogP) is 3.24. The molecule has 2 aromatic carbocycles. The van der Waals surface area contributed by atoms with E-state index in [4.69, 9.17) is 9.47 Å². The normalized spacial score (nSPS) is 13.5. The van der Waals surface area contributed by atoms with E-state index in [1.165, 1.54) is 0 Å². The first-order valence-corrected chi connectivity index (χ1v) is 8.12. The Kier molecular flexibility index (Phi) is 6.29. The highest BCUT2D eigenvalue weighted by molar-refractivity contribution is 6.43. The number of ether oxygens (including phenoxy) is 2. The van der Waals surface area contributed by atoms with Crippen molar-refractivity contribution in [1.82, 2.24) is 0 Å². The Balaban J connectivity index is 2.51. The Labute approximate surface area is 144 Å². The fraction of sp³-hybridized carbons (Fsp3) is 0.368. The molecular formula is C19H25BO4. The lowest BCUT2D eigenvalue weighted by Crippen LogP contribution is -2.31. The minimum atomic E-state index is -1.48. The molecule has 2 N–H and O–H groups in total. The van der Waals surface area contributed by atoms with Crippen LogP contribution in [0.5, 0.6) is 11.5 Å². The molecule has 0 bridgehead atoms. The Morgan fingerprint density at radius 3 is 1.79 bits per heavy atom. The van der Waals surface area contributed by atoms with Crippen LogP contribution >= 0.6 is 0 Å². The van der Waals surface area contributed by atoms with E-state index in [-0.39, 0.29) is 11.8 Å². The topological polar surface area (TPSA) is 58.9 Å². The van der Waals surface area contributed by atoms with E-state index in [9.17, 15) is 10.0 Å². The molecule has 5 heteroatoms. The molecule has 0 saturated heterocycles. The summed E-state index contributed by atoms with van der Waals surface area (Å²) in [5.74, 6) is 1.12. The molecule has 24 heavy (non-hydrogen) atoms. The molecule has 0 saturated carbocycles. The smallest absolute Gasteiger partial charge is 0.460 e. The lowest BCUT2D eigenvalue weighted by Gasteiger charge is -2.31. The zero-order valence-electron chi connectivity index (χ0n) is 14.6. The lowest BCUT2D eigenvalue weighted by molar-refractivity contribution is 0.350. The Hall–Kier alpha value is -1.98. The second-order valence-corrected chi connectivity index (χ2v) is 6.26. The van der Waals surface area contributed by atoms with Crippen molar-refractivity contribution >= 4 is 7.12 Å². The third-order valence-corrected chi connectivity index (χ3v) is 4.38. The molecule has 4 nitrogen and oxygen atoms in total. The number of hydrogen-bond donors (Lipinski definition) is 2. The highest BCUT2D eigenvalue weighted by Crippen LogP contribution is 2.41. The van der Waals surface area contributed by atoms with Crippen molar-refractivity contribution in [2.24, 2.45) is 5.92 Å². The maximum atomic E-state index is 10.1. The van der Waals surface area contributed by atoms with Crippen molar-refractivity contribution in [2.45, 2.75) is 25.6 Å². The molecule has 0 aliphatic carbocycles. The molecule has 2 atom stereocenters. The van der Waals surface area contributed by atoms with Crippen LogP contribution in [-0.4, -0.2) is 31.4 Å². The predicted molar refractivity (Wildman–Crippen MR) is 96.5 cm³/mol. The molecule has 2 unspecified atom stereocenters. The molecule has 128 valence electrons. The van der Waals surface area contributed by atoms with Crippen molar-refractivity contribution in [2.75, 3.05) is 14.2 Å². The van der Waals surface area contributed by atoms with Gasteiger partial charge in [0.2, 0.25) is 0 Å². The molecule has 2 rings (SSSR count). The second kappa shape index (κ2) is 8.22. The molecule has 2 aromatic rings. The van der Waals surface area contributed by atoms with Crippen LogP contribution in [0, 0.1) is 5.92 Å². The summed E-state index contributed by atoms with van der Waals surface area (Å²) in [7, 11) is 1.76. The summed E-state index contributed by atoms with van der Waals surface area (Å²) in [5, 5.41) is 20.2. The summed E-state index contributed by atoms with van der Waals surface area (Å²) in [6.45, 7) is 4.17. The Morgan fingerprint density at radius 2 is 1.33 bits per heavy atom. The van der Waals surface area contributed by atoms with Gasteiger partial charge in [-0.1, -0.05) is 38.1 Å². The molecule has 0 amide bonds. The van der Waals surface area contributed by atoms with Crippen molar-refractivity contribution < 1.29 is 19.5 Å². The average molecular weight is 328 g/mol. The zero-order chi connectivity index (χ0) is 17.7. The van der Waals surface area contributed by atoms with Gasteiger partial charge in [0.15, 0.2) is 0 Å². The van der Waals surface area contributed by atoms with Gasteiger partial charge < -0.3 is 19.5 Å². The maximum absolute atomic E-state index is 10.1. The fourth-order valence-corrected chi connectivity index (χ4v) is 3.27. The van der Waals surface area contributed by atoms with Gasteiger partial charge in [0.05, 0.1) is 14.2 Å². The van der Waals surface area contributed by atoms with Gasteiger partial charge in [-0.2, -0.15) is 0 Å². The van der Waals surface area contributed by atoms with Gasteiger partial charge in [-0.25, -0.2) is 0 Å². The number of rotatable bonds is 7. The van der Waals surface area contributed by atoms with Crippen LogP contribution < -0.4 is 9.47 Å². The lowest BCUT2D eigenvalue weighted by atomic mass is 9.58. The number of hydrogen-bond acceptors (Lipinski definition) is 4. The van der Waals surface area contributed by atoms with E-state index in [0.717, 1.165) is 16.9 Å². The standard InChI is InChI=1S/C19H25BO4/c1-13(2)18(14-7-5-9-16(11-14)23-3)19(20(21)22)15-8-6-10-17(12-15)24-4/h5-13,18-19,21-22H,1-4H3. The van der Waals surface area contributed by atoms with Gasteiger partial charge in [0.1, 0.15) is 11.5 Å². The molecule has 0 aliphatic rings. The SMILES string of the molecule is COc1cccc(C(B(O)O)C(c2cccc(OC)c2)C(C)C)c1. The molecule has 0 spiro atoms. The van der Waals surface area contributed by atoms with E-state index < -0.39 is 12.9 Å². The summed E-state index contributed by atoms with van der Waals surface area (Å²) in [6.07, 6.45) is 0. The summed E-state index contributed by atoms with van der Waals surface area (Å²) in [5.41, 5.74) is 1.86. The molecular weight excluding hydrogens is 303 g/mol. The van der Waals surface area contributed by atoms with Crippen LogP contribution in [0.2, 0.25) is 0 Å². The van der Waals surface area contributed by atoms with E-state index in [2.05, 4.69) is 13.8 Å². The molecule has 0 aromatic heterocycles. The van der Waals surface area contributed by atoms with E-state index in [1.54, 1.807) is 14.2 Å². The number of methoxy groups -OCH3 is 2. The molecule has 0 heterocycles. The monoisotopic (exact) mass is 328 g/mol. The Bertz CT molecular complexity index is 600. The molecule has 0 aliphatic heterocycles. The third kappa shape index (κ3) is 4.10. The third-order valence-electron chi connectivity index (χ3n) is 4.38. The molecule has 0 radical (unpaired) electrons. The summed E-state index contributed by atoms with van der Waals surface area (Å²) >= 11 is 0. The minimum Gasteiger partial charge on any atom is -0.497 e. The van der Waals surface area contributed by atoms with Crippen molar-refractivity contribution in [3.63, 3.8) is 0 Å². The van der Waals surface area contributed by atoms with E-state index in [0.29, 0.717) is 5.75 Å². The van der Waals surface area contributed by atoms with Crippen LogP contribution in [0.3, 0.4) is 0 Å². The van der Waals surface area contributed by atoms with Crippen molar-refractivity contribution in [1.29, 1.82) is 0 Å². The highest BCUT2D eigenvalue weighted by Gasteiger charge is 2.36. The van der Waals surface area contributed by atoms with Gasteiger partial charge in [-0.05, 0) is 47.2 Å². The largest absolute Gasteiger partial charge is 0.497 e. The van der Waals surface area contributed by atoms with E-state index in [1.807, 2.05) is 48.5 Å². The maximum Gasteiger partial charge on any atom is 0.460 e. The van der Waals surface area contributed by atoms with Crippen LogP contribution in [0.25, 0.3) is 0 Å². The fourth-order valence-electron chi connectivity index (χ4n) is 3.27. The van der Waals surface area contributed by atoms with Gasteiger partial charge in [0, 0.05) is 5.82 Å². The van der Waals surface area contributed by atoms with Crippen LogP contribution in [0.4, 0.5) is 0 Å². The second-order valence-electron chi connectivity index (χ2n) is 6.26. The van der Waals surface area contributed by atoms with Gasteiger partial charge >= 0.3 is 7.12 Å². The first-order valence-electron chi connectivity index (χ1n) is 8.12. The van der Waals surface area contributed by atoms with Gasteiger partial charge in [-0.15, -0.1) is 0 Å². The minimum absolute atomic E-state index is 0.0767. The van der Waals surface area contributed by atoms with Gasteiger partial charge in [-0.3, -0.25) is 0 Å². The van der Waals surface area contributed by atoms with Crippen molar-refractivity contribution in [3.8, 4) is 11.5 Å². The Morgan fingerprint density at radius 1 is 0.833 bits per heavy atom.